The molecule has 5 rings (SSSR count). The average molecular weight is 545 g/mol. The first-order valence-electron chi connectivity index (χ1n) is 11.9. The summed E-state index contributed by atoms with van der Waals surface area (Å²) in [4.78, 5) is 19.9. The second kappa shape index (κ2) is 9.33. The van der Waals surface area contributed by atoms with Gasteiger partial charge in [0, 0.05) is 23.9 Å². The van der Waals surface area contributed by atoms with Crippen LogP contribution in [-0.4, -0.2) is 40.2 Å². The smallest absolute Gasteiger partial charge is 0.257 e. The number of pyridine rings is 1. The number of nitrogens with zero attached hydrogens (tertiary/aromatic N) is 2. The van der Waals surface area contributed by atoms with E-state index in [2.05, 4.69) is 4.98 Å². The summed E-state index contributed by atoms with van der Waals surface area (Å²) in [6.07, 6.45) is 3.08. The second-order valence-electron chi connectivity index (χ2n) is 10.1. The number of hydrogen-bond acceptors (Lipinski definition) is 5. The molecule has 1 amide bonds. The Morgan fingerprint density at radius 2 is 1.78 bits per heavy atom. The Morgan fingerprint density at radius 1 is 1.11 bits per heavy atom. The Labute approximate surface area is 224 Å². The average Bonchev–Trinajstić information content (AvgIpc) is 3.60. The molecule has 1 N–H and O–H groups in total. The fraction of sp³-hybridized carbons (Fsp3) is 0.357. The number of hydrogen-bond donors (Lipinski definition) is 1. The van der Waals surface area contributed by atoms with E-state index >= 15 is 4.39 Å². The van der Waals surface area contributed by atoms with E-state index in [1.165, 1.54) is 23.2 Å². The molecule has 3 aromatic rings. The van der Waals surface area contributed by atoms with Gasteiger partial charge in [0.15, 0.2) is 5.72 Å². The van der Waals surface area contributed by atoms with E-state index in [0.29, 0.717) is 21.3 Å². The first kappa shape index (κ1) is 26.1. The third-order valence-electron chi connectivity index (χ3n) is 7.12. The predicted octanol–water partition coefficient (Wildman–Crippen LogP) is 5.81. The molecule has 1 atom stereocenters. The number of methoxy groups -OCH3 is 1. The van der Waals surface area contributed by atoms with E-state index in [1.807, 2.05) is 0 Å². The third kappa shape index (κ3) is 4.64. The van der Waals surface area contributed by atoms with E-state index in [0.717, 1.165) is 12.8 Å². The summed E-state index contributed by atoms with van der Waals surface area (Å²) in [5, 5.41) is 11.6. The molecular weight excluding hydrogens is 518 g/mol. The number of benzene rings is 2. The Hall–Kier alpha value is -2.55. The minimum atomic E-state index is -1.63. The van der Waals surface area contributed by atoms with Crippen LogP contribution in [0.15, 0.2) is 54.7 Å². The summed E-state index contributed by atoms with van der Waals surface area (Å²) in [6, 6.07) is 13.0. The van der Waals surface area contributed by atoms with Crippen molar-refractivity contribution in [3.63, 3.8) is 0 Å². The molecule has 1 saturated carbocycles. The Kier molecular flexibility index (Phi) is 6.57. The van der Waals surface area contributed by atoms with Crippen molar-refractivity contribution < 1.29 is 23.8 Å². The van der Waals surface area contributed by atoms with E-state index in [4.69, 9.17) is 32.7 Å². The summed E-state index contributed by atoms with van der Waals surface area (Å²) in [7, 11) is 1.62. The number of amides is 1. The van der Waals surface area contributed by atoms with Crippen molar-refractivity contribution in [1.29, 1.82) is 0 Å². The van der Waals surface area contributed by atoms with Crippen LogP contribution in [0.25, 0.3) is 0 Å². The fourth-order valence-corrected chi connectivity index (χ4v) is 4.97. The minimum Gasteiger partial charge on any atom is -0.386 e. The molecule has 2 aliphatic rings. The first-order chi connectivity index (χ1) is 17.5. The van der Waals surface area contributed by atoms with Crippen LogP contribution in [-0.2, 0) is 27.3 Å². The number of carbonyl (C=O) groups is 1. The van der Waals surface area contributed by atoms with Crippen molar-refractivity contribution in [1.82, 2.24) is 9.88 Å². The number of halogens is 3. The highest BCUT2D eigenvalue weighted by Crippen LogP contribution is 2.50. The molecule has 1 fully saturated rings. The van der Waals surface area contributed by atoms with Gasteiger partial charge in [-0.2, -0.15) is 0 Å². The lowest BCUT2D eigenvalue weighted by Crippen LogP contribution is -2.48. The minimum absolute atomic E-state index is 0.0184. The zero-order valence-electron chi connectivity index (χ0n) is 20.7. The van der Waals surface area contributed by atoms with Gasteiger partial charge in [-0.1, -0.05) is 35.3 Å². The van der Waals surface area contributed by atoms with Gasteiger partial charge in [-0.05, 0) is 68.7 Å². The summed E-state index contributed by atoms with van der Waals surface area (Å²) in [5.74, 6) is -1.11. The highest BCUT2D eigenvalue weighted by molar-refractivity contribution is 6.30. The van der Waals surface area contributed by atoms with Crippen LogP contribution in [0.3, 0.4) is 0 Å². The fourth-order valence-electron chi connectivity index (χ4n) is 4.73. The van der Waals surface area contributed by atoms with Crippen LogP contribution in [0, 0.1) is 5.82 Å². The van der Waals surface area contributed by atoms with Crippen LogP contribution in [0.2, 0.25) is 10.0 Å². The lowest BCUT2D eigenvalue weighted by molar-refractivity contribution is -0.144. The first-order valence-corrected chi connectivity index (χ1v) is 12.7. The molecule has 6 nitrogen and oxygen atoms in total. The van der Waals surface area contributed by atoms with Gasteiger partial charge < -0.3 is 14.6 Å². The SMILES string of the molecule is COC1(CO[C@]2(c3ccc(Cl)cc3)c3c(F)cc(C(C)(C)O)cc3C(=O)N2Cc2ccc(Cl)cn2)CC1. The predicted molar refractivity (Wildman–Crippen MR) is 138 cm³/mol. The summed E-state index contributed by atoms with van der Waals surface area (Å²) < 4.78 is 28.4. The van der Waals surface area contributed by atoms with E-state index in [1.54, 1.807) is 57.4 Å². The maximum atomic E-state index is 16.1. The van der Waals surface area contributed by atoms with Gasteiger partial charge >= 0.3 is 0 Å². The Balaban J connectivity index is 1.74. The molecule has 0 radical (unpaired) electrons. The Bertz CT molecular complexity index is 1340. The van der Waals surface area contributed by atoms with Crippen LogP contribution in [0.1, 0.15) is 59.4 Å². The number of rotatable bonds is 8. The molecule has 1 aliphatic carbocycles. The number of fused-ring (bicyclic) bond motifs is 1. The summed E-state index contributed by atoms with van der Waals surface area (Å²) >= 11 is 12.2. The van der Waals surface area contributed by atoms with Gasteiger partial charge in [0.05, 0.1) is 46.2 Å². The van der Waals surface area contributed by atoms with E-state index < -0.39 is 28.7 Å². The van der Waals surface area contributed by atoms with Crippen molar-refractivity contribution in [2.45, 2.75) is 50.2 Å². The zero-order chi connectivity index (χ0) is 26.6. The zero-order valence-corrected chi connectivity index (χ0v) is 22.2. The van der Waals surface area contributed by atoms with Crippen molar-refractivity contribution >= 4 is 29.1 Å². The molecule has 0 saturated heterocycles. The van der Waals surface area contributed by atoms with Gasteiger partial charge in [-0.25, -0.2) is 4.39 Å². The van der Waals surface area contributed by atoms with E-state index in [9.17, 15) is 9.90 Å². The molecule has 194 valence electrons. The molecule has 2 aromatic carbocycles. The van der Waals surface area contributed by atoms with Gasteiger partial charge in [0.25, 0.3) is 5.91 Å². The molecule has 0 bridgehead atoms. The number of aromatic nitrogens is 1. The highest BCUT2D eigenvalue weighted by Gasteiger charge is 2.56. The molecule has 9 heteroatoms. The summed E-state index contributed by atoms with van der Waals surface area (Å²) in [6.45, 7) is 3.24. The largest absolute Gasteiger partial charge is 0.386 e. The van der Waals surface area contributed by atoms with Crippen molar-refractivity contribution in [2.75, 3.05) is 13.7 Å². The van der Waals surface area contributed by atoms with Gasteiger partial charge in [-0.15, -0.1) is 0 Å². The van der Waals surface area contributed by atoms with Crippen molar-refractivity contribution in [2.24, 2.45) is 0 Å². The molecule has 2 heterocycles. The van der Waals surface area contributed by atoms with Crippen molar-refractivity contribution in [3.05, 3.63) is 98.5 Å². The van der Waals surface area contributed by atoms with Crippen LogP contribution in [0.4, 0.5) is 4.39 Å². The lowest BCUT2D eigenvalue weighted by atomic mass is 9.88. The van der Waals surface area contributed by atoms with Gasteiger partial charge in [0.2, 0.25) is 0 Å². The summed E-state index contributed by atoms with van der Waals surface area (Å²) in [5.41, 5.74) is -1.95. The molecule has 0 spiro atoms. The van der Waals surface area contributed by atoms with Crippen molar-refractivity contribution in [3.8, 4) is 0 Å². The lowest BCUT2D eigenvalue weighted by Gasteiger charge is -2.40. The monoisotopic (exact) mass is 544 g/mol. The standard InChI is InChI=1S/C28H27Cl2FN2O4/c1-26(2,35)18-12-22-24(23(31)13-18)28(17-4-6-19(29)7-5-17,37-16-27(36-3)10-11-27)33(25(22)34)15-21-9-8-20(30)14-32-21/h4-9,12-14,35H,10-11,15-16H2,1-3H3/t28-/m1/s1. The van der Waals surface area contributed by atoms with E-state index in [-0.39, 0.29) is 29.8 Å². The quantitative estimate of drug-likeness (QED) is 0.387. The van der Waals surface area contributed by atoms with Gasteiger partial charge in [-0.3, -0.25) is 14.7 Å². The molecule has 1 aliphatic heterocycles. The second-order valence-corrected chi connectivity index (χ2v) is 11.0. The Morgan fingerprint density at radius 3 is 2.35 bits per heavy atom. The maximum Gasteiger partial charge on any atom is 0.257 e. The highest BCUT2D eigenvalue weighted by atomic mass is 35.5. The number of carbonyl (C=O) groups excluding carboxylic acids is 1. The third-order valence-corrected chi connectivity index (χ3v) is 7.60. The van der Waals surface area contributed by atoms with Crippen LogP contribution < -0.4 is 0 Å². The number of ether oxygens (including phenoxy) is 2. The molecule has 0 unspecified atom stereocenters. The molecule has 37 heavy (non-hydrogen) atoms. The molecule has 1 aromatic heterocycles. The van der Waals surface area contributed by atoms with Gasteiger partial charge in [0.1, 0.15) is 5.82 Å². The van der Waals surface area contributed by atoms with Crippen LogP contribution in [0.5, 0.6) is 0 Å². The normalized spacial score (nSPS) is 20.3. The maximum absolute atomic E-state index is 16.1. The van der Waals surface area contributed by atoms with Crippen LogP contribution >= 0.6 is 23.2 Å². The molecular formula is C28H27Cl2FN2O4. The topological polar surface area (TPSA) is 71.9 Å². The number of aliphatic hydroxyl groups is 1.